The van der Waals surface area contributed by atoms with E-state index in [4.69, 9.17) is 0 Å². The lowest BCUT2D eigenvalue weighted by atomic mass is 9.97. The number of hydrogen-bond acceptors (Lipinski definition) is 3. The van der Waals surface area contributed by atoms with Crippen LogP contribution in [0.3, 0.4) is 0 Å². The number of carbonyl (C=O) groups is 1. The molecule has 2 atom stereocenters. The third kappa shape index (κ3) is 4.85. The van der Waals surface area contributed by atoms with Crippen LogP contribution in [0.25, 0.3) is 0 Å². The Bertz CT molecular complexity index is 990. The number of piperidine rings is 1. The van der Waals surface area contributed by atoms with Crippen molar-refractivity contribution in [3.8, 4) is 0 Å². The molecule has 1 N–H and O–H groups in total. The molecule has 0 radical (unpaired) electrons. The number of aryl methyl sites for hydroxylation is 2. The molecule has 0 saturated carbocycles. The molecule has 1 aliphatic heterocycles. The van der Waals surface area contributed by atoms with Crippen molar-refractivity contribution in [2.75, 3.05) is 13.1 Å². The van der Waals surface area contributed by atoms with E-state index >= 15 is 0 Å². The fourth-order valence-electron chi connectivity index (χ4n) is 3.58. The normalized spacial score (nSPS) is 19.0. The van der Waals surface area contributed by atoms with Gasteiger partial charge in [0, 0.05) is 13.1 Å². The zero-order chi connectivity index (χ0) is 21.2. The molecule has 1 amide bonds. The van der Waals surface area contributed by atoms with E-state index in [1.165, 1.54) is 22.0 Å². The van der Waals surface area contributed by atoms with E-state index in [1.54, 1.807) is 0 Å². The van der Waals surface area contributed by atoms with Gasteiger partial charge in [0.2, 0.25) is 15.9 Å². The number of rotatable bonds is 5. The molecule has 0 spiro atoms. The second kappa shape index (κ2) is 8.63. The van der Waals surface area contributed by atoms with Crippen molar-refractivity contribution in [2.24, 2.45) is 5.92 Å². The number of halogens is 1. The van der Waals surface area contributed by atoms with Crippen LogP contribution in [0.1, 0.15) is 42.5 Å². The highest BCUT2D eigenvalue weighted by atomic mass is 32.2. The summed E-state index contributed by atoms with van der Waals surface area (Å²) in [6, 6.07) is 10.7. The van der Waals surface area contributed by atoms with E-state index in [-0.39, 0.29) is 23.4 Å². The third-order valence-corrected chi connectivity index (χ3v) is 7.48. The molecule has 0 aliphatic carbocycles. The van der Waals surface area contributed by atoms with E-state index < -0.39 is 21.8 Å². The molecule has 156 valence electrons. The summed E-state index contributed by atoms with van der Waals surface area (Å²) in [6.45, 7) is 6.49. The summed E-state index contributed by atoms with van der Waals surface area (Å²) in [5, 5.41) is 3.02. The predicted octanol–water partition coefficient (Wildman–Crippen LogP) is 3.72. The van der Waals surface area contributed by atoms with E-state index in [1.807, 2.05) is 32.9 Å². The first kappa shape index (κ1) is 21.5. The molecule has 1 heterocycles. The van der Waals surface area contributed by atoms with Gasteiger partial charge in [0.1, 0.15) is 5.82 Å². The van der Waals surface area contributed by atoms with Gasteiger partial charge >= 0.3 is 0 Å². The van der Waals surface area contributed by atoms with E-state index in [0.29, 0.717) is 19.4 Å². The maximum Gasteiger partial charge on any atom is 0.243 e. The fourth-order valence-corrected chi connectivity index (χ4v) is 5.10. The number of sulfonamides is 1. The Morgan fingerprint density at radius 3 is 2.48 bits per heavy atom. The molecule has 0 bridgehead atoms. The van der Waals surface area contributed by atoms with Crippen LogP contribution in [0.2, 0.25) is 0 Å². The summed E-state index contributed by atoms with van der Waals surface area (Å²) < 4.78 is 40.2. The van der Waals surface area contributed by atoms with Crippen molar-refractivity contribution in [3.63, 3.8) is 0 Å². The minimum Gasteiger partial charge on any atom is -0.349 e. The molecule has 1 aliphatic rings. The topological polar surface area (TPSA) is 66.5 Å². The Hall–Kier alpha value is -2.25. The molecule has 5 nitrogen and oxygen atoms in total. The van der Waals surface area contributed by atoms with E-state index in [0.717, 1.165) is 23.3 Å². The van der Waals surface area contributed by atoms with Gasteiger partial charge in [-0.05, 0) is 74.6 Å². The molecular weight excluding hydrogens is 391 g/mol. The smallest absolute Gasteiger partial charge is 0.243 e. The average Bonchev–Trinajstić information content (AvgIpc) is 2.70. The van der Waals surface area contributed by atoms with Crippen molar-refractivity contribution in [1.29, 1.82) is 0 Å². The number of carbonyl (C=O) groups excluding carboxylic acids is 1. The first-order chi connectivity index (χ1) is 13.7. The lowest BCUT2D eigenvalue weighted by Crippen LogP contribution is -2.45. The number of nitrogens with one attached hydrogen (secondary N) is 1. The summed E-state index contributed by atoms with van der Waals surface area (Å²) in [7, 11) is -3.75. The Labute approximate surface area is 172 Å². The summed E-state index contributed by atoms with van der Waals surface area (Å²) in [5.41, 5.74) is 3.38. The Morgan fingerprint density at radius 2 is 1.83 bits per heavy atom. The van der Waals surface area contributed by atoms with Gasteiger partial charge in [-0.3, -0.25) is 4.79 Å². The molecule has 29 heavy (non-hydrogen) atoms. The van der Waals surface area contributed by atoms with Crippen LogP contribution in [0.15, 0.2) is 47.4 Å². The molecule has 1 fully saturated rings. The van der Waals surface area contributed by atoms with Crippen LogP contribution in [0.5, 0.6) is 0 Å². The molecule has 0 unspecified atom stereocenters. The van der Waals surface area contributed by atoms with Gasteiger partial charge in [0.05, 0.1) is 16.9 Å². The van der Waals surface area contributed by atoms with Crippen LogP contribution >= 0.6 is 0 Å². The van der Waals surface area contributed by atoms with Gasteiger partial charge in [0.15, 0.2) is 0 Å². The van der Waals surface area contributed by atoms with Crippen molar-refractivity contribution in [3.05, 3.63) is 65.0 Å². The van der Waals surface area contributed by atoms with Gasteiger partial charge in [-0.15, -0.1) is 0 Å². The number of hydrogen-bond donors (Lipinski definition) is 1. The van der Waals surface area contributed by atoms with Crippen molar-refractivity contribution in [2.45, 2.75) is 44.6 Å². The Morgan fingerprint density at radius 1 is 1.14 bits per heavy atom. The molecule has 7 heteroatoms. The maximum absolute atomic E-state index is 13.1. The largest absolute Gasteiger partial charge is 0.349 e. The molecule has 3 rings (SSSR count). The van der Waals surface area contributed by atoms with Crippen molar-refractivity contribution in [1.82, 2.24) is 9.62 Å². The van der Waals surface area contributed by atoms with Crippen LogP contribution < -0.4 is 5.32 Å². The number of amides is 1. The predicted molar refractivity (Wildman–Crippen MR) is 110 cm³/mol. The van der Waals surface area contributed by atoms with Crippen molar-refractivity contribution < 1.29 is 17.6 Å². The second-order valence-corrected chi connectivity index (χ2v) is 9.67. The first-order valence-corrected chi connectivity index (χ1v) is 11.3. The van der Waals surface area contributed by atoms with E-state index in [2.05, 4.69) is 11.4 Å². The first-order valence-electron chi connectivity index (χ1n) is 9.81. The highest BCUT2D eigenvalue weighted by Crippen LogP contribution is 2.25. The van der Waals surface area contributed by atoms with E-state index in [9.17, 15) is 17.6 Å². The Balaban J connectivity index is 1.68. The van der Waals surface area contributed by atoms with Crippen LogP contribution in [0, 0.1) is 25.6 Å². The minimum absolute atomic E-state index is 0.0449. The lowest BCUT2D eigenvalue weighted by molar-refractivity contribution is -0.126. The quantitative estimate of drug-likeness (QED) is 0.805. The molecular formula is C22H27FN2O3S. The third-order valence-electron chi connectivity index (χ3n) is 5.60. The van der Waals surface area contributed by atoms with Gasteiger partial charge < -0.3 is 5.32 Å². The summed E-state index contributed by atoms with van der Waals surface area (Å²) >= 11 is 0. The van der Waals surface area contributed by atoms with Gasteiger partial charge in [0.25, 0.3) is 0 Å². The second-order valence-electron chi connectivity index (χ2n) is 7.73. The average molecular weight is 419 g/mol. The van der Waals surface area contributed by atoms with Crippen LogP contribution in [0.4, 0.5) is 4.39 Å². The lowest BCUT2D eigenvalue weighted by Gasteiger charge is -2.32. The SMILES string of the molecule is Cc1ccc([C@@H](C)NC(=O)[C@@H]2CCCN(S(=O)(=O)c3ccc(F)cc3)C2)cc1C. The van der Waals surface area contributed by atoms with Gasteiger partial charge in [-0.1, -0.05) is 18.2 Å². The Kier molecular flexibility index (Phi) is 6.39. The monoisotopic (exact) mass is 418 g/mol. The van der Waals surface area contributed by atoms with Crippen LogP contribution in [-0.2, 0) is 14.8 Å². The van der Waals surface area contributed by atoms with Gasteiger partial charge in [-0.2, -0.15) is 4.31 Å². The zero-order valence-corrected chi connectivity index (χ0v) is 17.8. The zero-order valence-electron chi connectivity index (χ0n) is 17.0. The highest BCUT2D eigenvalue weighted by Gasteiger charge is 2.33. The molecule has 0 aromatic heterocycles. The summed E-state index contributed by atoms with van der Waals surface area (Å²) in [5.74, 6) is -1.04. The maximum atomic E-state index is 13.1. The molecule has 2 aromatic carbocycles. The highest BCUT2D eigenvalue weighted by molar-refractivity contribution is 7.89. The summed E-state index contributed by atoms with van der Waals surface area (Å²) in [6.07, 6.45) is 1.25. The standard InChI is InChI=1S/C22H27FN2O3S/c1-15-6-7-18(13-16(15)2)17(3)24-22(26)19-5-4-12-25(14-19)29(27,28)21-10-8-20(23)9-11-21/h6-11,13,17,19H,4-5,12,14H2,1-3H3,(H,24,26)/t17-,19-/m1/s1. The number of benzene rings is 2. The van der Waals surface area contributed by atoms with Crippen LogP contribution in [-0.4, -0.2) is 31.7 Å². The van der Waals surface area contributed by atoms with Gasteiger partial charge in [-0.25, -0.2) is 12.8 Å². The number of nitrogens with zero attached hydrogens (tertiary/aromatic N) is 1. The molecule has 2 aromatic rings. The molecule has 1 saturated heterocycles. The fraction of sp³-hybridized carbons (Fsp3) is 0.409. The van der Waals surface area contributed by atoms with Crippen molar-refractivity contribution >= 4 is 15.9 Å². The summed E-state index contributed by atoms with van der Waals surface area (Å²) in [4.78, 5) is 12.9. The minimum atomic E-state index is -3.75.